The molecule has 1 heterocycles. The van der Waals surface area contributed by atoms with Crippen LogP contribution in [0.4, 0.5) is 0 Å². The average Bonchev–Trinajstić information content (AvgIpc) is 2.78. The SMILES string of the molecule is CCCCC1NC(CCC)N(CCCN(CC)CC)C1=O. The van der Waals surface area contributed by atoms with Crippen molar-refractivity contribution in [1.29, 1.82) is 0 Å². The molecule has 4 heteroatoms. The largest absolute Gasteiger partial charge is 0.326 e. The molecule has 0 spiro atoms. The lowest BCUT2D eigenvalue weighted by atomic mass is 10.1. The molecule has 4 nitrogen and oxygen atoms in total. The van der Waals surface area contributed by atoms with Crippen LogP contribution in [0.2, 0.25) is 0 Å². The van der Waals surface area contributed by atoms with Crippen molar-refractivity contribution >= 4 is 5.91 Å². The molecular formula is C17H35N3O. The van der Waals surface area contributed by atoms with Crippen LogP contribution in [0.1, 0.15) is 66.2 Å². The van der Waals surface area contributed by atoms with E-state index in [1.165, 1.54) is 0 Å². The van der Waals surface area contributed by atoms with Crippen molar-refractivity contribution in [2.45, 2.75) is 78.4 Å². The van der Waals surface area contributed by atoms with Gasteiger partial charge in [0, 0.05) is 6.54 Å². The Morgan fingerprint density at radius 2 is 1.76 bits per heavy atom. The van der Waals surface area contributed by atoms with Crippen LogP contribution in [-0.2, 0) is 4.79 Å². The molecule has 0 aromatic carbocycles. The third-order valence-corrected chi connectivity index (χ3v) is 4.53. The summed E-state index contributed by atoms with van der Waals surface area (Å²) in [4.78, 5) is 17.1. The minimum absolute atomic E-state index is 0.0648. The maximum atomic E-state index is 12.6. The lowest BCUT2D eigenvalue weighted by Crippen LogP contribution is -2.39. The van der Waals surface area contributed by atoms with E-state index in [4.69, 9.17) is 0 Å². The second kappa shape index (κ2) is 10.2. The Bertz CT molecular complexity index is 292. The molecule has 1 rings (SSSR count). The van der Waals surface area contributed by atoms with Gasteiger partial charge in [-0.3, -0.25) is 10.1 Å². The van der Waals surface area contributed by atoms with Crippen molar-refractivity contribution in [2.75, 3.05) is 26.2 Å². The van der Waals surface area contributed by atoms with Crippen LogP contribution in [-0.4, -0.2) is 54.1 Å². The Hall–Kier alpha value is -0.610. The normalized spacial score (nSPS) is 22.5. The zero-order chi connectivity index (χ0) is 15.7. The van der Waals surface area contributed by atoms with E-state index < -0.39 is 0 Å². The van der Waals surface area contributed by atoms with Gasteiger partial charge in [0.2, 0.25) is 5.91 Å². The molecule has 0 radical (unpaired) electrons. The standard InChI is InChI=1S/C17H35N3O/c1-5-9-12-15-17(21)20(16(18-15)11-6-2)14-10-13-19(7-3)8-4/h15-16,18H,5-14H2,1-4H3. The van der Waals surface area contributed by atoms with Crippen LogP contribution in [0.5, 0.6) is 0 Å². The van der Waals surface area contributed by atoms with Gasteiger partial charge in [-0.15, -0.1) is 0 Å². The van der Waals surface area contributed by atoms with E-state index in [0.717, 1.165) is 64.7 Å². The quantitative estimate of drug-likeness (QED) is 0.637. The number of carbonyl (C=O) groups excluding carboxylic acids is 1. The first kappa shape index (κ1) is 18.4. The van der Waals surface area contributed by atoms with E-state index in [1.54, 1.807) is 0 Å². The maximum Gasteiger partial charge on any atom is 0.241 e. The zero-order valence-electron chi connectivity index (χ0n) is 14.5. The molecule has 1 fully saturated rings. The number of hydrogen-bond donors (Lipinski definition) is 1. The minimum Gasteiger partial charge on any atom is -0.326 e. The molecule has 0 aromatic rings. The molecule has 0 bridgehead atoms. The van der Waals surface area contributed by atoms with Crippen molar-refractivity contribution < 1.29 is 4.79 Å². The van der Waals surface area contributed by atoms with Crippen LogP contribution < -0.4 is 5.32 Å². The molecule has 124 valence electrons. The number of hydrogen-bond acceptors (Lipinski definition) is 3. The molecule has 1 N–H and O–H groups in total. The number of amides is 1. The lowest BCUT2D eigenvalue weighted by Gasteiger charge is -2.25. The van der Waals surface area contributed by atoms with Gasteiger partial charge in [0.1, 0.15) is 0 Å². The summed E-state index contributed by atoms with van der Waals surface area (Å²) < 4.78 is 0. The Balaban J connectivity index is 2.49. The molecule has 1 aliphatic rings. The first-order valence-corrected chi connectivity index (χ1v) is 8.96. The van der Waals surface area contributed by atoms with Crippen molar-refractivity contribution in [3.05, 3.63) is 0 Å². The van der Waals surface area contributed by atoms with Crippen LogP contribution in [0.25, 0.3) is 0 Å². The van der Waals surface area contributed by atoms with Crippen LogP contribution >= 0.6 is 0 Å². The number of nitrogens with one attached hydrogen (secondary N) is 1. The van der Waals surface area contributed by atoms with Crippen molar-refractivity contribution in [1.82, 2.24) is 15.1 Å². The molecule has 1 saturated heterocycles. The summed E-state index contributed by atoms with van der Waals surface area (Å²) in [6, 6.07) is 0.0648. The molecule has 0 aromatic heterocycles. The number of carbonyl (C=O) groups is 1. The summed E-state index contributed by atoms with van der Waals surface area (Å²) in [6.07, 6.45) is 6.82. The molecule has 2 atom stereocenters. The first-order valence-electron chi connectivity index (χ1n) is 8.96. The Kier molecular flexibility index (Phi) is 8.93. The Morgan fingerprint density at radius 1 is 1.05 bits per heavy atom. The summed E-state index contributed by atoms with van der Waals surface area (Å²) in [5.74, 6) is 0.335. The Labute approximate surface area is 131 Å². The van der Waals surface area contributed by atoms with Gasteiger partial charge < -0.3 is 9.80 Å². The average molecular weight is 297 g/mol. The summed E-state index contributed by atoms with van der Waals surface area (Å²) >= 11 is 0. The minimum atomic E-state index is 0.0648. The monoisotopic (exact) mass is 297 g/mol. The first-order chi connectivity index (χ1) is 10.2. The van der Waals surface area contributed by atoms with Gasteiger partial charge in [-0.25, -0.2) is 0 Å². The van der Waals surface area contributed by atoms with Crippen LogP contribution in [0.3, 0.4) is 0 Å². The topological polar surface area (TPSA) is 35.6 Å². The molecular weight excluding hydrogens is 262 g/mol. The summed E-state index contributed by atoms with van der Waals surface area (Å²) in [5.41, 5.74) is 0. The zero-order valence-corrected chi connectivity index (χ0v) is 14.5. The third-order valence-electron chi connectivity index (χ3n) is 4.53. The van der Waals surface area contributed by atoms with Crippen molar-refractivity contribution in [3.8, 4) is 0 Å². The van der Waals surface area contributed by atoms with Crippen LogP contribution in [0.15, 0.2) is 0 Å². The number of rotatable bonds is 11. The molecule has 0 saturated carbocycles. The van der Waals surface area contributed by atoms with Gasteiger partial charge in [0.25, 0.3) is 0 Å². The van der Waals surface area contributed by atoms with E-state index in [1.807, 2.05) is 0 Å². The van der Waals surface area contributed by atoms with Gasteiger partial charge in [0.05, 0.1) is 12.2 Å². The fourth-order valence-electron chi connectivity index (χ4n) is 3.15. The highest BCUT2D eigenvalue weighted by atomic mass is 16.2. The lowest BCUT2D eigenvalue weighted by molar-refractivity contribution is -0.130. The Morgan fingerprint density at radius 3 is 2.33 bits per heavy atom. The highest BCUT2D eigenvalue weighted by Crippen LogP contribution is 2.19. The van der Waals surface area contributed by atoms with Crippen LogP contribution in [0, 0.1) is 0 Å². The van der Waals surface area contributed by atoms with Gasteiger partial charge in [-0.1, -0.05) is 47.0 Å². The molecule has 1 amide bonds. The van der Waals surface area contributed by atoms with Crippen molar-refractivity contribution in [3.63, 3.8) is 0 Å². The molecule has 0 aliphatic carbocycles. The van der Waals surface area contributed by atoms with Gasteiger partial charge in [-0.05, 0) is 38.9 Å². The molecule has 21 heavy (non-hydrogen) atoms. The van der Waals surface area contributed by atoms with E-state index in [2.05, 4.69) is 42.8 Å². The third kappa shape index (κ3) is 5.59. The second-order valence-electron chi connectivity index (χ2n) is 6.08. The van der Waals surface area contributed by atoms with E-state index in [9.17, 15) is 4.79 Å². The molecule has 2 unspecified atom stereocenters. The van der Waals surface area contributed by atoms with Gasteiger partial charge in [-0.2, -0.15) is 0 Å². The van der Waals surface area contributed by atoms with Gasteiger partial charge >= 0.3 is 0 Å². The fraction of sp³-hybridized carbons (Fsp3) is 0.941. The van der Waals surface area contributed by atoms with Crippen molar-refractivity contribution in [2.24, 2.45) is 0 Å². The van der Waals surface area contributed by atoms with E-state index in [0.29, 0.717) is 5.91 Å². The van der Waals surface area contributed by atoms with Gasteiger partial charge in [0.15, 0.2) is 0 Å². The summed E-state index contributed by atoms with van der Waals surface area (Å²) in [6.45, 7) is 13.0. The van der Waals surface area contributed by atoms with E-state index >= 15 is 0 Å². The maximum absolute atomic E-state index is 12.6. The summed E-state index contributed by atoms with van der Waals surface area (Å²) in [5, 5.41) is 3.56. The fourth-order valence-corrected chi connectivity index (χ4v) is 3.15. The predicted octanol–water partition coefficient (Wildman–Crippen LogP) is 2.84. The summed E-state index contributed by atoms with van der Waals surface area (Å²) in [7, 11) is 0. The second-order valence-corrected chi connectivity index (χ2v) is 6.08. The number of unbranched alkanes of at least 4 members (excludes halogenated alkanes) is 1. The predicted molar refractivity (Wildman–Crippen MR) is 89.3 cm³/mol. The highest BCUT2D eigenvalue weighted by Gasteiger charge is 2.37. The molecule has 1 aliphatic heterocycles. The smallest absolute Gasteiger partial charge is 0.241 e. The number of nitrogens with zero attached hydrogens (tertiary/aromatic N) is 2. The highest BCUT2D eigenvalue weighted by molar-refractivity contribution is 5.84. The van der Waals surface area contributed by atoms with E-state index in [-0.39, 0.29) is 12.2 Å².